The highest BCUT2D eigenvalue weighted by Crippen LogP contribution is 2.48. The summed E-state index contributed by atoms with van der Waals surface area (Å²) in [6.45, 7) is 1.57. The topological polar surface area (TPSA) is 163 Å². The molecule has 4 aromatic rings. The number of carbonyl (C=O) groups is 2. The smallest absolute Gasteiger partial charge is 0.406 e. The highest BCUT2D eigenvalue weighted by atomic mass is 32.2. The number of hydrogen-bond donors (Lipinski definition) is 2. The molecule has 0 bridgehead atoms. The zero-order valence-electron chi connectivity index (χ0n) is 32.7. The molecule has 1 atom stereocenters. The van der Waals surface area contributed by atoms with Gasteiger partial charge in [-0.25, -0.2) is 9.52 Å². The summed E-state index contributed by atoms with van der Waals surface area (Å²) >= 11 is 0. The van der Waals surface area contributed by atoms with Crippen LogP contribution in [0.1, 0.15) is 59.6 Å². The number of alkyl carbamates (subject to hydrolysis) is 1. The Labute approximate surface area is 328 Å². The predicted molar refractivity (Wildman–Crippen MR) is 211 cm³/mol. The van der Waals surface area contributed by atoms with Gasteiger partial charge >= 0.3 is 16.3 Å². The maximum absolute atomic E-state index is 13.7. The molecule has 15 nitrogen and oxygen atoms in total. The summed E-state index contributed by atoms with van der Waals surface area (Å²) in [5, 5.41) is 3.48. The second-order valence-corrected chi connectivity index (χ2v) is 15.9. The van der Waals surface area contributed by atoms with E-state index in [1.165, 1.54) is 40.3 Å². The lowest BCUT2D eigenvalue weighted by atomic mass is 9.81. The lowest BCUT2D eigenvalue weighted by Crippen LogP contribution is -2.45. The fourth-order valence-electron chi connectivity index (χ4n) is 7.41. The van der Waals surface area contributed by atoms with Crippen molar-refractivity contribution in [2.24, 2.45) is 0 Å². The third-order valence-corrected chi connectivity index (χ3v) is 12.0. The Morgan fingerprint density at radius 3 is 2.54 bits per heavy atom. The summed E-state index contributed by atoms with van der Waals surface area (Å²) in [6, 6.07) is 16.8. The van der Waals surface area contributed by atoms with Gasteiger partial charge in [0.25, 0.3) is 5.91 Å². The maximum atomic E-state index is 13.7. The van der Waals surface area contributed by atoms with Crippen LogP contribution in [0.2, 0.25) is 0 Å². The Morgan fingerprint density at radius 2 is 1.82 bits per heavy atom. The van der Waals surface area contributed by atoms with Crippen LogP contribution in [0.4, 0.5) is 4.79 Å². The Bertz CT molecular complexity index is 2080. The molecule has 2 aromatic heterocycles. The monoisotopic (exact) mass is 792 g/mol. The van der Waals surface area contributed by atoms with Gasteiger partial charge in [-0.1, -0.05) is 31.4 Å². The van der Waals surface area contributed by atoms with Gasteiger partial charge in [-0.15, -0.1) is 0 Å². The first-order chi connectivity index (χ1) is 27.0. The zero-order valence-corrected chi connectivity index (χ0v) is 33.5. The Balaban J connectivity index is 1.44. The van der Waals surface area contributed by atoms with Crippen LogP contribution in [-0.4, -0.2) is 113 Å². The summed E-state index contributed by atoms with van der Waals surface area (Å²) < 4.78 is 60.4. The highest BCUT2D eigenvalue weighted by Gasteiger charge is 2.33. The molecule has 0 radical (unpaired) electrons. The van der Waals surface area contributed by atoms with Gasteiger partial charge in [-0.05, 0) is 67.8 Å². The minimum atomic E-state index is -4.23. The number of benzene rings is 2. The van der Waals surface area contributed by atoms with Crippen molar-refractivity contribution in [3.8, 4) is 22.8 Å². The normalized spacial score (nSPS) is 16.2. The van der Waals surface area contributed by atoms with Crippen molar-refractivity contribution in [3.05, 3.63) is 77.6 Å². The van der Waals surface area contributed by atoms with E-state index in [2.05, 4.69) is 24.5 Å². The van der Waals surface area contributed by atoms with Crippen LogP contribution in [0.5, 0.6) is 11.5 Å². The molecule has 0 spiro atoms. The molecule has 2 aromatic carbocycles. The van der Waals surface area contributed by atoms with Crippen LogP contribution in [0.15, 0.2) is 60.8 Å². The molecule has 2 amide bonds. The molecule has 302 valence electrons. The summed E-state index contributed by atoms with van der Waals surface area (Å²) in [5.74, 6) is 0.787. The number of nitrogens with zero attached hydrogens (tertiary/aromatic N) is 4. The third-order valence-electron chi connectivity index (χ3n) is 10.6. The van der Waals surface area contributed by atoms with Gasteiger partial charge in [0.2, 0.25) is 0 Å². The lowest BCUT2D eigenvalue weighted by Gasteiger charge is -2.32. The van der Waals surface area contributed by atoms with Gasteiger partial charge in [-0.3, -0.25) is 14.7 Å². The molecular weight excluding hydrogens is 741 g/mol. The zero-order chi connectivity index (χ0) is 39.8. The van der Waals surface area contributed by atoms with E-state index in [1.54, 1.807) is 18.3 Å². The van der Waals surface area contributed by atoms with Gasteiger partial charge in [0.05, 0.1) is 24.0 Å². The quantitative estimate of drug-likeness (QED) is 0.158. The van der Waals surface area contributed by atoms with Crippen LogP contribution in [0.25, 0.3) is 22.2 Å². The molecule has 0 unspecified atom stereocenters. The van der Waals surface area contributed by atoms with Crippen LogP contribution < -0.4 is 19.5 Å². The summed E-state index contributed by atoms with van der Waals surface area (Å²) in [5.41, 5.74) is 4.88. The Hall–Kier alpha value is -4.74. The number of likely N-dealkylation sites (N-methyl/N-ethyl adjacent to an activating group) is 2. The molecule has 1 aliphatic carbocycles. The van der Waals surface area contributed by atoms with E-state index in [9.17, 15) is 18.0 Å². The number of hydrogen-bond acceptors (Lipinski definition) is 11. The summed E-state index contributed by atoms with van der Waals surface area (Å²) in [7, 11) is 3.42. The molecule has 1 saturated carbocycles. The first-order valence-corrected chi connectivity index (χ1v) is 20.3. The predicted octanol–water partition coefficient (Wildman–Crippen LogP) is 4.90. The molecule has 3 heterocycles. The van der Waals surface area contributed by atoms with Crippen molar-refractivity contribution in [1.82, 2.24) is 28.8 Å². The standard InChI is InChI=1S/C40H52N6O9S/c1-41-40(48)53-20-19-44(2)30-23-46-34-21-28(39(47)43-56(49,50)45(3)24-36(51-4)52-5)14-16-32(34)37(27-11-7-6-8-12-27)38(46)33-17-15-31(22-35(33)55-26-30)54-25-29-13-9-10-18-42-29/h9-10,13-18,21-22,27,30,36H,6-8,11-12,19-20,23-26H2,1-5H3,(H,41,48)(H,43,47)/t30-/m1/s1. The average molecular weight is 793 g/mol. The fraction of sp³-hybridized carbons (Fsp3) is 0.475. The van der Waals surface area contributed by atoms with Gasteiger partial charge in [0.15, 0.2) is 6.29 Å². The first kappa shape index (κ1) is 40.9. The van der Waals surface area contributed by atoms with E-state index < -0.39 is 28.5 Å². The van der Waals surface area contributed by atoms with E-state index in [0.29, 0.717) is 37.8 Å². The van der Waals surface area contributed by atoms with E-state index >= 15 is 0 Å². The van der Waals surface area contributed by atoms with Gasteiger partial charge in [0, 0.05) is 75.7 Å². The van der Waals surface area contributed by atoms with E-state index in [-0.39, 0.29) is 30.7 Å². The molecule has 6 rings (SSSR count). The average Bonchev–Trinajstić information content (AvgIpc) is 3.52. The number of aromatic nitrogens is 2. The minimum absolute atomic E-state index is 0.119. The van der Waals surface area contributed by atoms with Crippen LogP contribution in [-0.2, 0) is 37.6 Å². The number of nitrogens with one attached hydrogen (secondary N) is 2. The molecule has 1 aliphatic heterocycles. The second kappa shape index (κ2) is 18.5. The number of methoxy groups -OCH3 is 2. The molecular formula is C40H52N6O9S. The number of pyridine rings is 1. The van der Waals surface area contributed by atoms with Crippen molar-refractivity contribution in [3.63, 3.8) is 0 Å². The van der Waals surface area contributed by atoms with Crippen molar-refractivity contribution < 1.29 is 41.7 Å². The molecule has 0 saturated heterocycles. The molecule has 2 N–H and O–H groups in total. The van der Waals surface area contributed by atoms with E-state index in [0.717, 1.165) is 57.8 Å². The second-order valence-electron chi connectivity index (χ2n) is 14.2. The Morgan fingerprint density at radius 1 is 1.04 bits per heavy atom. The lowest BCUT2D eigenvalue weighted by molar-refractivity contribution is -0.106. The minimum Gasteiger partial charge on any atom is -0.491 e. The van der Waals surface area contributed by atoms with Crippen molar-refractivity contribution in [2.75, 3.05) is 61.7 Å². The van der Waals surface area contributed by atoms with Gasteiger partial charge < -0.3 is 33.6 Å². The number of rotatable bonds is 15. The van der Waals surface area contributed by atoms with Crippen molar-refractivity contribution in [2.45, 2.75) is 63.5 Å². The number of fused-ring (bicyclic) bond motifs is 5. The van der Waals surface area contributed by atoms with Crippen LogP contribution in [0.3, 0.4) is 0 Å². The SMILES string of the molecule is CNC(=O)OCCN(C)[C@H]1COc2cc(OCc3ccccn3)ccc2-c2c(C3CCCCC3)c3ccc(C(=O)NS(=O)(=O)N(C)CC(OC)OC)cc3n2C1. The largest absolute Gasteiger partial charge is 0.491 e. The highest BCUT2D eigenvalue weighted by molar-refractivity contribution is 7.87. The molecule has 16 heteroatoms. The first-order valence-electron chi connectivity index (χ1n) is 18.9. The molecule has 1 fully saturated rings. The van der Waals surface area contributed by atoms with Crippen molar-refractivity contribution in [1.29, 1.82) is 0 Å². The Kier molecular flexibility index (Phi) is 13.5. The molecule has 56 heavy (non-hydrogen) atoms. The summed E-state index contributed by atoms with van der Waals surface area (Å²) in [6.07, 6.45) is 5.84. The number of ether oxygens (including phenoxy) is 5. The number of amides is 2. The number of carbonyl (C=O) groups excluding carboxylic acids is 2. The van der Waals surface area contributed by atoms with Gasteiger partial charge in [0.1, 0.15) is 31.3 Å². The van der Waals surface area contributed by atoms with E-state index in [1.807, 2.05) is 49.5 Å². The molecule has 2 aliphatic rings. The van der Waals surface area contributed by atoms with Crippen LogP contribution in [0, 0.1) is 0 Å². The third kappa shape index (κ3) is 9.44. The van der Waals surface area contributed by atoms with Gasteiger partial charge in [-0.2, -0.15) is 12.7 Å². The maximum Gasteiger partial charge on any atom is 0.406 e. The van der Waals surface area contributed by atoms with E-state index in [4.69, 9.17) is 23.7 Å². The van der Waals surface area contributed by atoms with Crippen molar-refractivity contribution >= 4 is 33.1 Å². The summed E-state index contributed by atoms with van der Waals surface area (Å²) in [4.78, 5) is 32.1. The van der Waals surface area contributed by atoms with Crippen LogP contribution >= 0.6 is 0 Å². The fourth-order valence-corrected chi connectivity index (χ4v) is 8.24.